The molecule has 1 atom stereocenters. The number of allylic oxidation sites excluding steroid dienone is 1. The first kappa shape index (κ1) is 13.4. The summed E-state index contributed by atoms with van der Waals surface area (Å²) in [5.41, 5.74) is -0.321. The predicted molar refractivity (Wildman–Crippen MR) is 64.9 cm³/mol. The monoisotopic (exact) mass is 225 g/mol. The van der Waals surface area contributed by atoms with Crippen LogP contribution in [0.1, 0.15) is 40.5 Å². The Bertz CT molecular complexity index is 294. The van der Waals surface area contributed by atoms with Gasteiger partial charge in [-0.3, -0.25) is 4.79 Å². The average molecular weight is 225 g/mol. The number of carbonyl (C=O) groups excluding carboxylic acids is 1. The second-order valence-electron chi connectivity index (χ2n) is 5.64. The molecule has 1 rings (SSSR count). The summed E-state index contributed by atoms with van der Waals surface area (Å²) in [4.78, 5) is 17.3. The van der Waals surface area contributed by atoms with Crippen molar-refractivity contribution in [2.45, 2.75) is 51.6 Å². The van der Waals surface area contributed by atoms with Crippen molar-refractivity contribution in [3.05, 3.63) is 12.7 Å². The maximum atomic E-state index is 11.9. The van der Waals surface area contributed by atoms with Gasteiger partial charge in [0, 0.05) is 11.5 Å². The minimum atomic E-state index is -0.290. The van der Waals surface area contributed by atoms with E-state index in [1.54, 1.807) is 7.11 Å². The van der Waals surface area contributed by atoms with E-state index in [-0.39, 0.29) is 22.8 Å². The van der Waals surface area contributed by atoms with Crippen LogP contribution >= 0.6 is 0 Å². The third-order valence-corrected chi connectivity index (χ3v) is 3.70. The van der Waals surface area contributed by atoms with E-state index < -0.39 is 0 Å². The molecule has 0 aromatic heterocycles. The highest BCUT2D eigenvalue weighted by atomic mass is 16.7. The molecule has 3 nitrogen and oxygen atoms in total. The summed E-state index contributed by atoms with van der Waals surface area (Å²) in [5, 5.41) is 1.95. The number of rotatable bonds is 3. The number of hydrogen-bond acceptors (Lipinski definition) is 3. The SMILES string of the molecule is C=CC(=O)C1CCC(C)(C)N(OC)C1(C)C. The third kappa shape index (κ3) is 2.06. The number of ketones is 1. The van der Waals surface area contributed by atoms with Crippen LogP contribution in [0.25, 0.3) is 0 Å². The first-order chi connectivity index (χ1) is 7.27. The summed E-state index contributed by atoms with van der Waals surface area (Å²) in [5.74, 6) is 0.0838. The molecular formula is C13H23NO2. The zero-order chi connectivity index (χ0) is 12.6. The van der Waals surface area contributed by atoms with Gasteiger partial charge < -0.3 is 4.84 Å². The lowest BCUT2D eigenvalue weighted by atomic mass is 9.72. The molecule has 0 aromatic carbocycles. The molecule has 16 heavy (non-hydrogen) atoms. The number of nitrogens with zero attached hydrogens (tertiary/aromatic N) is 1. The molecule has 1 aliphatic heterocycles. The maximum absolute atomic E-state index is 11.9. The fourth-order valence-corrected chi connectivity index (χ4v) is 2.99. The van der Waals surface area contributed by atoms with Gasteiger partial charge in [0.25, 0.3) is 0 Å². The Morgan fingerprint density at radius 1 is 1.44 bits per heavy atom. The lowest BCUT2D eigenvalue weighted by molar-refractivity contribution is -0.275. The van der Waals surface area contributed by atoms with E-state index in [2.05, 4.69) is 34.3 Å². The van der Waals surface area contributed by atoms with Crippen LogP contribution < -0.4 is 0 Å². The van der Waals surface area contributed by atoms with E-state index in [1.807, 2.05) is 5.06 Å². The van der Waals surface area contributed by atoms with Gasteiger partial charge >= 0.3 is 0 Å². The van der Waals surface area contributed by atoms with Crippen molar-refractivity contribution in [1.29, 1.82) is 0 Å². The molecule has 1 unspecified atom stereocenters. The zero-order valence-corrected chi connectivity index (χ0v) is 11.0. The quantitative estimate of drug-likeness (QED) is 0.691. The first-order valence-corrected chi connectivity index (χ1v) is 5.78. The fourth-order valence-electron chi connectivity index (χ4n) is 2.99. The van der Waals surface area contributed by atoms with E-state index >= 15 is 0 Å². The third-order valence-electron chi connectivity index (χ3n) is 3.70. The molecule has 1 fully saturated rings. The largest absolute Gasteiger partial charge is 0.301 e. The molecule has 1 heterocycles. The van der Waals surface area contributed by atoms with Gasteiger partial charge in [-0.05, 0) is 46.6 Å². The molecule has 0 bridgehead atoms. The molecule has 92 valence electrons. The summed E-state index contributed by atoms with van der Waals surface area (Å²) >= 11 is 0. The second kappa shape index (κ2) is 4.30. The smallest absolute Gasteiger partial charge is 0.160 e. The van der Waals surface area contributed by atoms with Crippen LogP contribution in [0.3, 0.4) is 0 Å². The van der Waals surface area contributed by atoms with Gasteiger partial charge in [0.1, 0.15) is 0 Å². The molecule has 1 saturated heterocycles. The van der Waals surface area contributed by atoms with Crippen LogP contribution in [-0.4, -0.2) is 29.0 Å². The van der Waals surface area contributed by atoms with Crippen LogP contribution in [0.4, 0.5) is 0 Å². The number of piperidine rings is 1. The van der Waals surface area contributed by atoms with Crippen molar-refractivity contribution >= 4 is 5.78 Å². The predicted octanol–water partition coefficient (Wildman–Crippen LogP) is 2.57. The van der Waals surface area contributed by atoms with E-state index in [0.29, 0.717) is 0 Å². The van der Waals surface area contributed by atoms with E-state index in [1.165, 1.54) is 6.08 Å². The Kier molecular flexibility index (Phi) is 3.60. The Morgan fingerprint density at radius 3 is 2.44 bits per heavy atom. The summed E-state index contributed by atoms with van der Waals surface area (Å²) in [6.45, 7) is 12.0. The zero-order valence-electron chi connectivity index (χ0n) is 11.0. The van der Waals surface area contributed by atoms with Gasteiger partial charge in [0.05, 0.1) is 12.6 Å². The van der Waals surface area contributed by atoms with Gasteiger partial charge in [-0.15, -0.1) is 0 Å². The normalized spacial score (nSPS) is 28.7. The highest BCUT2D eigenvalue weighted by Gasteiger charge is 2.49. The molecule has 3 heteroatoms. The number of hydrogen-bond donors (Lipinski definition) is 0. The standard InChI is InChI=1S/C13H23NO2/c1-7-11(15)10-8-9-12(2,3)14(16-6)13(10,4)5/h7,10H,1,8-9H2,2-6H3. The van der Waals surface area contributed by atoms with Gasteiger partial charge in [-0.1, -0.05) is 6.58 Å². The van der Waals surface area contributed by atoms with Crippen molar-refractivity contribution in [2.24, 2.45) is 5.92 Å². The van der Waals surface area contributed by atoms with Crippen molar-refractivity contribution in [2.75, 3.05) is 7.11 Å². The summed E-state index contributed by atoms with van der Waals surface area (Å²) in [6, 6.07) is 0. The summed E-state index contributed by atoms with van der Waals surface area (Å²) in [6.07, 6.45) is 3.28. The highest BCUT2D eigenvalue weighted by Crippen LogP contribution is 2.42. The molecule has 0 aliphatic carbocycles. The van der Waals surface area contributed by atoms with Crippen molar-refractivity contribution in [3.63, 3.8) is 0 Å². The maximum Gasteiger partial charge on any atom is 0.160 e. The van der Waals surface area contributed by atoms with Crippen LogP contribution in [0, 0.1) is 5.92 Å². The average Bonchev–Trinajstić information content (AvgIpc) is 2.15. The molecule has 0 radical (unpaired) electrons. The van der Waals surface area contributed by atoms with Gasteiger partial charge in [-0.25, -0.2) is 0 Å². The van der Waals surface area contributed by atoms with Crippen LogP contribution in [0.2, 0.25) is 0 Å². The number of carbonyl (C=O) groups is 1. The van der Waals surface area contributed by atoms with E-state index in [9.17, 15) is 4.79 Å². The number of hydroxylamine groups is 2. The van der Waals surface area contributed by atoms with E-state index in [0.717, 1.165) is 12.8 Å². The highest BCUT2D eigenvalue weighted by molar-refractivity contribution is 5.92. The van der Waals surface area contributed by atoms with Crippen molar-refractivity contribution < 1.29 is 9.63 Å². The summed E-state index contributed by atoms with van der Waals surface area (Å²) < 4.78 is 0. The van der Waals surface area contributed by atoms with E-state index in [4.69, 9.17) is 4.84 Å². The van der Waals surface area contributed by atoms with Crippen molar-refractivity contribution in [1.82, 2.24) is 5.06 Å². The molecule has 0 amide bonds. The Hall–Kier alpha value is -0.670. The Balaban J connectivity index is 3.04. The molecule has 0 N–H and O–H groups in total. The van der Waals surface area contributed by atoms with Crippen molar-refractivity contribution in [3.8, 4) is 0 Å². The van der Waals surface area contributed by atoms with Crippen LogP contribution in [-0.2, 0) is 9.63 Å². The Morgan fingerprint density at radius 2 is 2.00 bits per heavy atom. The Labute approximate surface area is 98.4 Å². The second-order valence-corrected chi connectivity index (χ2v) is 5.64. The molecule has 0 spiro atoms. The minimum absolute atomic E-state index is 0.0297. The lowest BCUT2D eigenvalue weighted by Gasteiger charge is -2.53. The molecule has 0 saturated carbocycles. The minimum Gasteiger partial charge on any atom is -0.301 e. The molecule has 1 aliphatic rings. The fraction of sp³-hybridized carbons (Fsp3) is 0.769. The molecular weight excluding hydrogens is 202 g/mol. The molecule has 0 aromatic rings. The van der Waals surface area contributed by atoms with Crippen LogP contribution in [0.15, 0.2) is 12.7 Å². The van der Waals surface area contributed by atoms with Crippen LogP contribution in [0.5, 0.6) is 0 Å². The topological polar surface area (TPSA) is 29.5 Å². The van der Waals surface area contributed by atoms with Gasteiger partial charge in [0.15, 0.2) is 5.78 Å². The lowest BCUT2D eigenvalue weighted by Crippen LogP contribution is -2.63. The van der Waals surface area contributed by atoms with Gasteiger partial charge in [0.2, 0.25) is 0 Å². The first-order valence-electron chi connectivity index (χ1n) is 5.78. The van der Waals surface area contributed by atoms with Gasteiger partial charge in [-0.2, -0.15) is 5.06 Å². The summed E-state index contributed by atoms with van der Waals surface area (Å²) in [7, 11) is 1.67.